The van der Waals surface area contributed by atoms with Crippen molar-refractivity contribution in [2.45, 2.75) is 37.5 Å². The van der Waals surface area contributed by atoms with Crippen molar-refractivity contribution in [3.05, 3.63) is 54.6 Å². The Kier molecular flexibility index (Phi) is 7.03. The van der Waals surface area contributed by atoms with Crippen LogP contribution in [-0.4, -0.2) is 37.1 Å². The molecule has 0 saturated carbocycles. The van der Waals surface area contributed by atoms with Crippen LogP contribution in [0.4, 0.5) is 10.5 Å². The molecule has 0 N–H and O–H groups in total. The van der Waals surface area contributed by atoms with Gasteiger partial charge in [0.2, 0.25) is 0 Å². The van der Waals surface area contributed by atoms with Gasteiger partial charge in [-0.05, 0) is 46.8 Å². The van der Waals surface area contributed by atoms with Gasteiger partial charge in [-0.2, -0.15) is 4.36 Å². The van der Waals surface area contributed by atoms with E-state index in [-0.39, 0.29) is 6.03 Å². The van der Waals surface area contributed by atoms with E-state index in [0.29, 0.717) is 18.4 Å². The van der Waals surface area contributed by atoms with Crippen molar-refractivity contribution in [1.29, 1.82) is 0 Å². The Bertz CT molecular complexity index is 823. The molecule has 2 amide bonds. The van der Waals surface area contributed by atoms with Gasteiger partial charge in [-0.15, -0.1) is 0 Å². The first-order valence-corrected chi connectivity index (χ1v) is 11.3. The van der Waals surface area contributed by atoms with Crippen LogP contribution in [0.1, 0.15) is 27.7 Å². The molecule has 1 aliphatic heterocycles. The molecule has 28 heavy (non-hydrogen) atoms. The molecular formula is C23H31N3OS. The molecule has 150 valence electrons. The quantitative estimate of drug-likeness (QED) is 0.593. The molecule has 1 aliphatic rings. The first-order chi connectivity index (χ1) is 13.5. The molecular weight excluding hydrogens is 366 g/mol. The number of amides is 2. The maximum Gasteiger partial charge on any atom is 0.354 e. The van der Waals surface area contributed by atoms with Crippen LogP contribution in [-0.2, 0) is 10.7 Å². The highest BCUT2D eigenvalue weighted by atomic mass is 32.2. The van der Waals surface area contributed by atoms with Crippen molar-refractivity contribution >= 4 is 22.4 Å². The van der Waals surface area contributed by atoms with Gasteiger partial charge in [0.1, 0.15) is 0 Å². The summed E-state index contributed by atoms with van der Waals surface area (Å²) >= 11 is 0. The van der Waals surface area contributed by atoms with Crippen LogP contribution in [0.25, 0.3) is 0 Å². The van der Waals surface area contributed by atoms with Crippen LogP contribution in [0.5, 0.6) is 0 Å². The van der Waals surface area contributed by atoms with Gasteiger partial charge in [0.25, 0.3) is 0 Å². The first kappa shape index (κ1) is 20.7. The summed E-state index contributed by atoms with van der Waals surface area (Å²) in [4.78, 5) is 19.5. The summed E-state index contributed by atoms with van der Waals surface area (Å²) in [5.41, 5.74) is 1.00. The standard InChI is InChI=1S/C23H31N3OS/c1-18(2)16-25(17-19(3)4)14-15-26-21-12-8-9-13-22(21)28(24-23(26)27)20-10-6-5-7-11-20/h5-13,18-19H,14-17H2,1-4H3. The number of anilines is 1. The molecule has 1 atom stereocenters. The van der Waals surface area contributed by atoms with Gasteiger partial charge in [-0.1, -0.05) is 58.0 Å². The van der Waals surface area contributed by atoms with Gasteiger partial charge in [0.05, 0.1) is 5.69 Å². The van der Waals surface area contributed by atoms with E-state index in [9.17, 15) is 4.79 Å². The third kappa shape index (κ3) is 5.09. The van der Waals surface area contributed by atoms with Crippen LogP contribution in [0, 0.1) is 11.8 Å². The minimum absolute atomic E-state index is 0.125. The van der Waals surface area contributed by atoms with Crippen molar-refractivity contribution < 1.29 is 4.79 Å². The lowest BCUT2D eigenvalue weighted by Gasteiger charge is -2.32. The van der Waals surface area contributed by atoms with E-state index in [0.717, 1.165) is 35.1 Å². The van der Waals surface area contributed by atoms with E-state index in [4.69, 9.17) is 0 Å². The largest absolute Gasteiger partial charge is 0.354 e. The van der Waals surface area contributed by atoms with Gasteiger partial charge >= 0.3 is 6.03 Å². The summed E-state index contributed by atoms with van der Waals surface area (Å²) in [6.45, 7) is 12.6. The average molecular weight is 398 g/mol. The second-order valence-corrected chi connectivity index (χ2v) is 9.80. The fourth-order valence-electron chi connectivity index (χ4n) is 3.60. The maximum absolute atomic E-state index is 12.9. The van der Waals surface area contributed by atoms with Crippen molar-refractivity contribution in [1.82, 2.24) is 4.90 Å². The third-order valence-corrected chi connectivity index (χ3v) is 6.44. The summed E-state index contributed by atoms with van der Waals surface area (Å²) in [5.74, 6) is 1.22. The molecule has 4 nitrogen and oxygen atoms in total. The Balaban J connectivity index is 1.83. The molecule has 3 rings (SSSR count). The zero-order valence-corrected chi connectivity index (χ0v) is 18.2. The first-order valence-electron chi connectivity index (χ1n) is 10.1. The predicted octanol–water partition coefficient (Wildman–Crippen LogP) is 5.46. The second-order valence-electron chi connectivity index (χ2n) is 8.14. The monoisotopic (exact) mass is 397 g/mol. The lowest BCUT2D eigenvalue weighted by molar-refractivity contribution is 0.221. The SMILES string of the molecule is CC(C)CN(CCN1C(=O)N=S(c2ccccc2)c2ccccc21)CC(C)C. The zero-order chi connectivity index (χ0) is 20.1. The number of para-hydroxylation sites is 1. The molecule has 0 fully saturated rings. The number of fused-ring (bicyclic) bond motifs is 1. The van der Waals surface area contributed by atoms with Crippen LogP contribution < -0.4 is 4.90 Å². The van der Waals surface area contributed by atoms with Crippen LogP contribution >= 0.6 is 0 Å². The fraction of sp³-hybridized carbons (Fsp3) is 0.435. The molecule has 0 radical (unpaired) electrons. The summed E-state index contributed by atoms with van der Waals surface area (Å²) in [6.07, 6.45) is 0. The number of hydrogen-bond donors (Lipinski definition) is 0. The Hall–Kier alpha value is -1.98. The van der Waals surface area contributed by atoms with E-state index >= 15 is 0 Å². The molecule has 0 aliphatic carbocycles. The number of urea groups is 1. The lowest BCUT2D eigenvalue weighted by Crippen LogP contribution is -2.41. The predicted molar refractivity (Wildman–Crippen MR) is 118 cm³/mol. The fourth-order valence-corrected chi connectivity index (χ4v) is 5.31. The van der Waals surface area contributed by atoms with Gasteiger partial charge < -0.3 is 4.90 Å². The van der Waals surface area contributed by atoms with E-state index in [1.165, 1.54) is 0 Å². The summed E-state index contributed by atoms with van der Waals surface area (Å²) < 4.78 is 4.57. The Morgan fingerprint density at radius 3 is 2.18 bits per heavy atom. The Labute approximate surface area is 171 Å². The smallest absolute Gasteiger partial charge is 0.301 e. The van der Waals surface area contributed by atoms with Crippen molar-refractivity contribution in [3.63, 3.8) is 0 Å². The third-order valence-electron chi connectivity index (χ3n) is 4.62. The number of benzene rings is 2. The van der Waals surface area contributed by atoms with Gasteiger partial charge in [0.15, 0.2) is 0 Å². The maximum atomic E-state index is 12.9. The molecule has 0 saturated heterocycles. The Morgan fingerprint density at radius 2 is 1.54 bits per heavy atom. The van der Waals surface area contributed by atoms with E-state index in [2.05, 4.69) is 61.2 Å². The number of nitrogens with zero attached hydrogens (tertiary/aromatic N) is 3. The highest BCUT2D eigenvalue weighted by molar-refractivity contribution is 7.88. The molecule has 0 aromatic heterocycles. The van der Waals surface area contributed by atoms with Crippen molar-refractivity contribution in [2.24, 2.45) is 16.2 Å². The minimum atomic E-state index is -0.546. The van der Waals surface area contributed by atoms with Crippen molar-refractivity contribution in [3.8, 4) is 0 Å². The molecule has 1 heterocycles. The topological polar surface area (TPSA) is 35.9 Å². The van der Waals surface area contributed by atoms with Crippen LogP contribution in [0.15, 0.2) is 68.8 Å². The lowest BCUT2D eigenvalue weighted by atomic mass is 10.1. The highest BCUT2D eigenvalue weighted by Gasteiger charge is 2.27. The van der Waals surface area contributed by atoms with Crippen molar-refractivity contribution in [2.75, 3.05) is 31.1 Å². The minimum Gasteiger partial charge on any atom is -0.301 e. The van der Waals surface area contributed by atoms with Gasteiger partial charge in [0, 0.05) is 36.0 Å². The Morgan fingerprint density at radius 1 is 0.929 bits per heavy atom. The number of rotatable bonds is 8. The van der Waals surface area contributed by atoms with Gasteiger partial charge in [-0.3, -0.25) is 4.90 Å². The van der Waals surface area contributed by atoms with Gasteiger partial charge in [-0.25, -0.2) is 4.79 Å². The highest BCUT2D eigenvalue weighted by Crippen LogP contribution is 2.33. The molecule has 2 aromatic rings. The number of hydrogen-bond acceptors (Lipinski definition) is 2. The number of carbonyl (C=O) groups is 1. The summed E-state index contributed by atoms with van der Waals surface area (Å²) in [6, 6.07) is 18.2. The van der Waals surface area contributed by atoms with Crippen LogP contribution in [0.3, 0.4) is 0 Å². The second kappa shape index (κ2) is 9.48. The molecule has 2 aromatic carbocycles. The normalized spacial score (nSPS) is 16.6. The van der Waals surface area contributed by atoms with Crippen LogP contribution in [0.2, 0.25) is 0 Å². The summed E-state index contributed by atoms with van der Waals surface area (Å²) in [7, 11) is -0.546. The van der Waals surface area contributed by atoms with E-state index < -0.39 is 10.7 Å². The average Bonchev–Trinajstić information content (AvgIpc) is 2.66. The molecule has 0 bridgehead atoms. The zero-order valence-electron chi connectivity index (χ0n) is 17.3. The summed E-state index contributed by atoms with van der Waals surface area (Å²) in [5, 5.41) is 0. The molecule has 5 heteroatoms. The molecule has 1 unspecified atom stereocenters. The van der Waals surface area contributed by atoms with E-state index in [1.807, 2.05) is 35.2 Å². The van der Waals surface area contributed by atoms with E-state index in [1.54, 1.807) is 0 Å². The number of carbonyl (C=O) groups excluding carboxylic acids is 1. The molecule has 0 spiro atoms.